The maximum atomic E-state index is 12.0. The van der Waals surface area contributed by atoms with E-state index in [2.05, 4.69) is 13.8 Å². The van der Waals surface area contributed by atoms with Crippen molar-refractivity contribution >= 4 is 8.03 Å². The third-order valence-electron chi connectivity index (χ3n) is 3.25. The molecule has 2 atom stereocenters. The van der Waals surface area contributed by atoms with Crippen molar-refractivity contribution in [3.63, 3.8) is 0 Å². The summed E-state index contributed by atoms with van der Waals surface area (Å²) >= 11 is 0. The molecule has 1 rings (SSSR count). The number of hydrogen-bond acceptors (Lipinski definition) is 2. The Morgan fingerprint density at radius 3 is 2.44 bits per heavy atom. The summed E-state index contributed by atoms with van der Waals surface area (Å²) < 4.78 is 17.5. The SMILES string of the molecule is CCCCC(CC)C[PH](=O)Oc1ccc(C)cc1. The van der Waals surface area contributed by atoms with Crippen molar-refractivity contribution in [3.8, 4) is 5.75 Å². The van der Waals surface area contributed by atoms with Crippen LogP contribution in [0, 0.1) is 12.8 Å². The zero-order valence-corrected chi connectivity index (χ0v) is 12.7. The van der Waals surface area contributed by atoms with Crippen molar-refractivity contribution in [2.45, 2.75) is 46.5 Å². The van der Waals surface area contributed by atoms with Gasteiger partial charge in [-0.25, -0.2) is 0 Å². The molecular formula is C15H25O2P. The fourth-order valence-electron chi connectivity index (χ4n) is 1.96. The Kier molecular flexibility index (Phi) is 7.12. The summed E-state index contributed by atoms with van der Waals surface area (Å²) in [5.41, 5.74) is 1.19. The average molecular weight is 268 g/mol. The van der Waals surface area contributed by atoms with Gasteiger partial charge in [-0.3, -0.25) is 4.57 Å². The minimum absolute atomic E-state index is 0.543. The van der Waals surface area contributed by atoms with Gasteiger partial charge < -0.3 is 4.52 Å². The van der Waals surface area contributed by atoms with Gasteiger partial charge in [0.1, 0.15) is 5.75 Å². The van der Waals surface area contributed by atoms with Gasteiger partial charge in [0, 0.05) is 6.16 Å². The molecule has 2 nitrogen and oxygen atoms in total. The van der Waals surface area contributed by atoms with E-state index < -0.39 is 8.03 Å². The Balaban J connectivity index is 2.42. The molecule has 18 heavy (non-hydrogen) atoms. The lowest BCUT2D eigenvalue weighted by Gasteiger charge is -2.14. The van der Waals surface area contributed by atoms with E-state index in [1.165, 1.54) is 24.8 Å². The van der Waals surface area contributed by atoms with Gasteiger partial charge in [-0.1, -0.05) is 50.8 Å². The van der Waals surface area contributed by atoms with Crippen molar-refractivity contribution < 1.29 is 9.09 Å². The van der Waals surface area contributed by atoms with Crippen LogP contribution in [0.25, 0.3) is 0 Å². The second kappa shape index (κ2) is 8.37. The first-order valence-corrected chi connectivity index (χ1v) is 8.45. The molecule has 0 heterocycles. The van der Waals surface area contributed by atoms with Gasteiger partial charge in [-0.15, -0.1) is 0 Å². The summed E-state index contributed by atoms with van der Waals surface area (Å²) in [4.78, 5) is 0. The topological polar surface area (TPSA) is 26.3 Å². The van der Waals surface area contributed by atoms with Gasteiger partial charge in [0.2, 0.25) is 8.03 Å². The van der Waals surface area contributed by atoms with Gasteiger partial charge in [0.05, 0.1) is 0 Å². The highest BCUT2D eigenvalue weighted by Gasteiger charge is 2.11. The maximum absolute atomic E-state index is 12.0. The Bertz CT molecular complexity index is 359. The van der Waals surface area contributed by atoms with E-state index in [1.54, 1.807) is 0 Å². The summed E-state index contributed by atoms with van der Waals surface area (Å²) in [6, 6.07) is 7.76. The number of unbranched alkanes of at least 4 members (excludes halogenated alkanes) is 1. The number of hydrogen-bond donors (Lipinski definition) is 0. The summed E-state index contributed by atoms with van der Waals surface area (Å²) in [7, 11) is -1.95. The Labute approximate surface area is 112 Å². The Morgan fingerprint density at radius 2 is 1.89 bits per heavy atom. The molecule has 0 bridgehead atoms. The zero-order chi connectivity index (χ0) is 13.4. The van der Waals surface area contributed by atoms with E-state index in [0.717, 1.165) is 18.3 Å². The Hall–Kier alpha value is -0.750. The summed E-state index contributed by atoms with van der Waals surface area (Å²) in [6.07, 6.45) is 5.40. The molecule has 0 aromatic heterocycles. The molecule has 0 saturated carbocycles. The predicted octanol–water partition coefficient (Wildman–Crippen LogP) is 5.06. The highest BCUT2D eigenvalue weighted by atomic mass is 31.1. The second-order valence-corrected chi connectivity index (χ2v) is 6.26. The van der Waals surface area contributed by atoms with Gasteiger partial charge in [0.15, 0.2) is 0 Å². The quantitative estimate of drug-likeness (QED) is 0.616. The molecule has 0 N–H and O–H groups in total. The third-order valence-corrected chi connectivity index (χ3v) is 4.63. The molecule has 0 aliphatic rings. The van der Waals surface area contributed by atoms with Crippen LogP contribution < -0.4 is 4.52 Å². The van der Waals surface area contributed by atoms with E-state index in [9.17, 15) is 4.57 Å². The highest BCUT2D eigenvalue weighted by Crippen LogP contribution is 2.31. The molecule has 0 aliphatic carbocycles. The molecule has 3 heteroatoms. The molecule has 0 fully saturated rings. The van der Waals surface area contributed by atoms with Crippen LogP contribution in [0.2, 0.25) is 0 Å². The molecule has 1 aromatic rings. The third kappa shape index (κ3) is 5.73. The lowest BCUT2D eigenvalue weighted by atomic mass is 10.0. The predicted molar refractivity (Wildman–Crippen MR) is 79.0 cm³/mol. The van der Waals surface area contributed by atoms with Crippen molar-refractivity contribution in [3.05, 3.63) is 29.8 Å². The van der Waals surface area contributed by atoms with Gasteiger partial charge >= 0.3 is 0 Å². The van der Waals surface area contributed by atoms with Gasteiger partial charge in [-0.05, 0) is 31.4 Å². The Morgan fingerprint density at radius 1 is 1.22 bits per heavy atom. The van der Waals surface area contributed by atoms with Crippen LogP contribution in [-0.4, -0.2) is 6.16 Å². The van der Waals surface area contributed by atoms with Crippen LogP contribution in [0.5, 0.6) is 5.75 Å². The van der Waals surface area contributed by atoms with Crippen molar-refractivity contribution in [1.82, 2.24) is 0 Å². The molecule has 0 saturated heterocycles. The number of aryl methyl sites for hydroxylation is 1. The first-order chi connectivity index (χ1) is 8.65. The zero-order valence-electron chi connectivity index (χ0n) is 11.7. The van der Waals surface area contributed by atoms with Crippen molar-refractivity contribution in [1.29, 1.82) is 0 Å². The smallest absolute Gasteiger partial charge is 0.237 e. The molecule has 0 aliphatic heterocycles. The van der Waals surface area contributed by atoms with Crippen molar-refractivity contribution in [2.24, 2.45) is 5.92 Å². The van der Waals surface area contributed by atoms with Crippen LogP contribution in [0.1, 0.15) is 45.1 Å². The van der Waals surface area contributed by atoms with E-state index in [1.807, 2.05) is 31.2 Å². The first kappa shape index (κ1) is 15.3. The second-order valence-electron chi connectivity index (χ2n) is 4.91. The van der Waals surface area contributed by atoms with Crippen molar-refractivity contribution in [2.75, 3.05) is 6.16 Å². The van der Waals surface area contributed by atoms with E-state index in [4.69, 9.17) is 4.52 Å². The maximum Gasteiger partial charge on any atom is 0.237 e. The molecule has 102 valence electrons. The summed E-state index contributed by atoms with van der Waals surface area (Å²) in [5.74, 6) is 1.27. The fraction of sp³-hybridized carbons (Fsp3) is 0.600. The molecule has 0 spiro atoms. The van der Waals surface area contributed by atoms with E-state index in [0.29, 0.717) is 5.92 Å². The number of benzene rings is 1. The van der Waals surface area contributed by atoms with Crippen LogP contribution >= 0.6 is 8.03 Å². The van der Waals surface area contributed by atoms with Crippen LogP contribution in [0.4, 0.5) is 0 Å². The lowest BCUT2D eigenvalue weighted by Crippen LogP contribution is -2.03. The molecule has 0 radical (unpaired) electrons. The molecular weight excluding hydrogens is 243 g/mol. The largest absolute Gasteiger partial charge is 0.445 e. The minimum Gasteiger partial charge on any atom is -0.445 e. The molecule has 0 amide bonds. The van der Waals surface area contributed by atoms with Gasteiger partial charge in [-0.2, -0.15) is 0 Å². The van der Waals surface area contributed by atoms with Crippen LogP contribution in [0.15, 0.2) is 24.3 Å². The van der Waals surface area contributed by atoms with E-state index >= 15 is 0 Å². The number of rotatable bonds is 8. The standard InChI is InChI=1S/C15H25O2P/c1-4-6-7-14(5-2)12-18(16)17-15-10-8-13(3)9-11-15/h8-11,14,18H,4-7,12H2,1-3H3. The lowest BCUT2D eigenvalue weighted by molar-refractivity contribution is 0.457. The summed E-state index contributed by atoms with van der Waals surface area (Å²) in [6.45, 7) is 6.39. The van der Waals surface area contributed by atoms with Crippen LogP contribution in [0.3, 0.4) is 0 Å². The first-order valence-electron chi connectivity index (χ1n) is 6.93. The van der Waals surface area contributed by atoms with Gasteiger partial charge in [0.25, 0.3) is 0 Å². The molecule has 2 unspecified atom stereocenters. The monoisotopic (exact) mass is 268 g/mol. The summed E-state index contributed by atoms with van der Waals surface area (Å²) in [5, 5.41) is 0. The fourth-order valence-corrected chi connectivity index (χ4v) is 3.40. The molecule has 1 aromatic carbocycles. The highest BCUT2D eigenvalue weighted by molar-refractivity contribution is 7.39. The van der Waals surface area contributed by atoms with Crippen LogP contribution in [-0.2, 0) is 4.57 Å². The normalized spacial score (nSPS) is 14.2. The average Bonchev–Trinajstić information content (AvgIpc) is 2.37. The van der Waals surface area contributed by atoms with E-state index in [-0.39, 0.29) is 0 Å². The minimum atomic E-state index is -1.95.